The number of benzene rings is 1. The molecule has 0 spiro atoms. The number of hydrogen-bond donors (Lipinski definition) is 1. The molecule has 140 valence electrons. The van der Waals surface area contributed by atoms with Crippen molar-refractivity contribution in [3.8, 4) is 5.88 Å². The number of carbonyl (C=O) groups excluding carboxylic acids is 1. The molecule has 8 nitrogen and oxygen atoms in total. The SMILES string of the molecule is COc1cc(NC2CCN(C(=O)Cc3noc4ccccc34)CC2)ncn1. The van der Waals surface area contributed by atoms with Crippen LogP contribution in [0.3, 0.4) is 0 Å². The zero-order valence-electron chi connectivity index (χ0n) is 15.1. The van der Waals surface area contributed by atoms with Crippen LogP contribution in [-0.2, 0) is 11.2 Å². The molecule has 0 aliphatic carbocycles. The molecule has 1 aliphatic heterocycles. The van der Waals surface area contributed by atoms with Gasteiger partial charge in [0.15, 0.2) is 5.58 Å². The van der Waals surface area contributed by atoms with Crippen LogP contribution in [0.5, 0.6) is 5.88 Å². The molecule has 8 heteroatoms. The van der Waals surface area contributed by atoms with Crippen molar-refractivity contribution in [3.63, 3.8) is 0 Å². The number of carbonyl (C=O) groups is 1. The number of nitrogens with one attached hydrogen (secondary N) is 1. The van der Waals surface area contributed by atoms with Gasteiger partial charge in [0.25, 0.3) is 0 Å². The van der Waals surface area contributed by atoms with Crippen LogP contribution in [0.15, 0.2) is 41.2 Å². The average molecular weight is 367 g/mol. The Morgan fingerprint density at radius 1 is 1.30 bits per heavy atom. The lowest BCUT2D eigenvalue weighted by Gasteiger charge is -2.32. The van der Waals surface area contributed by atoms with E-state index in [0.717, 1.165) is 24.0 Å². The van der Waals surface area contributed by atoms with E-state index in [0.29, 0.717) is 30.2 Å². The molecule has 0 unspecified atom stereocenters. The number of aromatic nitrogens is 3. The number of para-hydroxylation sites is 1. The van der Waals surface area contributed by atoms with Crippen molar-refractivity contribution < 1.29 is 14.1 Å². The molecule has 0 atom stereocenters. The van der Waals surface area contributed by atoms with Crippen LogP contribution < -0.4 is 10.1 Å². The second-order valence-electron chi connectivity index (χ2n) is 6.55. The number of piperidine rings is 1. The summed E-state index contributed by atoms with van der Waals surface area (Å²) in [5, 5.41) is 8.35. The molecule has 3 heterocycles. The van der Waals surface area contributed by atoms with Gasteiger partial charge in [-0.3, -0.25) is 4.79 Å². The van der Waals surface area contributed by atoms with E-state index in [1.165, 1.54) is 6.33 Å². The Hall–Kier alpha value is -3.16. The summed E-state index contributed by atoms with van der Waals surface area (Å²) in [7, 11) is 1.58. The molecule has 0 saturated carbocycles. The standard InChI is InChI=1S/C19H21N5O3/c1-26-18-11-17(20-12-21-18)22-13-6-8-24(9-7-13)19(25)10-15-14-4-2-3-5-16(14)27-23-15/h2-5,11-13H,6-10H2,1H3,(H,20,21,22). The quantitative estimate of drug-likeness (QED) is 0.739. The Bertz CT molecular complexity index is 934. The van der Waals surface area contributed by atoms with Gasteiger partial charge in [-0.1, -0.05) is 17.3 Å². The van der Waals surface area contributed by atoms with Gasteiger partial charge in [-0.25, -0.2) is 9.97 Å². The molecular formula is C19H21N5O3. The van der Waals surface area contributed by atoms with Crippen molar-refractivity contribution >= 4 is 22.7 Å². The molecule has 1 fully saturated rings. The predicted molar refractivity (Wildman–Crippen MR) is 99.5 cm³/mol. The largest absolute Gasteiger partial charge is 0.481 e. The van der Waals surface area contributed by atoms with Crippen molar-refractivity contribution in [1.29, 1.82) is 0 Å². The van der Waals surface area contributed by atoms with Crippen molar-refractivity contribution in [2.75, 3.05) is 25.5 Å². The number of fused-ring (bicyclic) bond motifs is 1. The Kier molecular flexibility index (Phi) is 4.86. The highest BCUT2D eigenvalue weighted by Gasteiger charge is 2.24. The zero-order valence-corrected chi connectivity index (χ0v) is 15.1. The number of hydrogen-bond acceptors (Lipinski definition) is 7. The first-order valence-corrected chi connectivity index (χ1v) is 8.96. The van der Waals surface area contributed by atoms with Gasteiger partial charge in [0.2, 0.25) is 11.8 Å². The number of nitrogens with zero attached hydrogens (tertiary/aromatic N) is 4. The molecular weight excluding hydrogens is 346 g/mol. The van der Waals surface area contributed by atoms with E-state index in [1.807, 2.05) is 29.2 Å². The van der Waals surface area contributed by atoms with Crippen LogP contribution >= 0.6 is 0 Å². The number of anilines is 1. The highest BCUT2D eigenvalue weighted by atomic mass is 16.5. The summed E-state index contributed by atoms with van der Waals surface area (Å²) in [4.78, 5) is 22.8. The summed E-state index contributed by atoms with van der Waals surface area (Å²) >= 11 is 0. The first-order chi connectivity index (χ1) is 13.2. The van der Waals surface area contributed by atoms with E-state index < -0.39 is 0 Å². The summed E-state index contributed by atoms with van der Waals surface area (Å²) in [5.74, 6) is 1.34. The predicted octanol–water partition coefficient (Wildman–Crippen LogP) is 2.27. The van der Waals surface area contributed by atoms with Crippen molar-refractivity contribution in [2.45, 2.75) is 25.3 Å². The van der Waals surface area contributed by atoms with Crippen LogP contribution in [0.4, 0.5) is 5.82 Å². The van der Waals surface area contributed by atoms with Gasteiger partial charge in [0, 0.05) is 30.6 Å². The first-order valence-electron chi connectivity index (χ1n) is 8.96. The highest BCUT2D eigenvalue weighted by molar-refractivity contribution is 5.86. The fraction of sp³-hybridized carbons (Fsp3) is 0.368. The number of rotatable bonds is 5. The van der Waals surface area contributed by atoms with Crippen molar-refractivity contribution in [2.24, 2.45) is 0 Å². The number of likely N-dealkylation sites (tertiary alicyclic amines) is 1. The summed E-state index contributed by atoms with van der Waals surface area (Å²) in [6, 6.07) is 9.64. The van der Waals surface area contributed by atoms with Crippen LogP contribution in [0, 0.1) is 0 Å². The molecule has 1 N–H and O–H groups in total. The summed E-state index contributed by atoms with van der Waals surface area (Å²) < 4.78 is 10.4. The minimum atomic E-state index is 0.0798. The topological polar surface area (TPSA) is 93.4 Å². The smallest absolute Gasteiger partial charge is 0.228 e. The number of amides is 1. The fourth-order valence-electron chi connectivity index (χ4n) is 3.33. The third-order valence-corrected chi connectivity index (χ3v) is 4.82. The highest BCUT2D eigenvalue weighted by Crippen LogP contribution is 2.21. The number of methoxy groups -OCH3 is 1. The molecule has 0 radical (unpaired) electrons. The van der Waals surface area contributed by atoms with Gasteiger partial charge in [-0.05, 0) is 25.0 Å². The molecule has 0 bridgehead atoms. The normalized spacial score (nSPS) is 15.1. The lowest BCUT2D eigenvalue weighted by atomic mass is 10.0. The van der Waals surface area contributed by atoms with Gasteiger partial charge in [-0.15, -0.1) is 0 Å². The molecule has 1 saturated heterocycles. The zero-order chi connectivity index (χ0) is 18.6. The molecule has 3 aromatic rings. The summed E-state index contributed by atoms with van der Waals surface area (Å²) in [6.07, 6.45) is 3.45. The van der Waals surface area contributed by atoms with E-state index in [2.05, 4.69) is 20.4 Å². The van der Waals surface area contributed by atoms with E-state index in [-0.39, 0.29) is 18.4 Å². The Morgan fingerprint density at radius 2 is 2.11 bits per heavy atom. The maximum Gasteiger partial charge on any atom is 0.228 e. The van der Waals surface area contributed by atoms with E-state index >= 15 is 0 Å². The van der Waals surface area contributed by atoms with Gasteiger partial charge in [-0.2, -0.15) is 0 Å². The van der Waals surface area contributed by atoms with E-state index in [4.69, 9.17) is 9.26 Å². The maximum atomic E-state index is 12.6. The van der Waals surface area contributed by atoms with E-state index in [1.54, 1.807) is 13.2 Å². The second kappa shape index (κ2) is 7.61. The fourth-order valence-corrected chi connectivity index (χ4v) is 3.33. The Morgan fingerprint density at radius 3 is 2.93 bits per heavy atom. The lowest BCUT2D eigenvalue weighted by Crippen LogP contribution is -2.43. The van der Waals surface area contributed by atoms with Crippen LogP contribution in [0.1, 0.15) is 18.5 Å². The Balaban J connectivity index is 1.32. The third-order valence-electron chi connectivity index (χ3n) is 4.82. The molecule has 1 aliphatic rings. The monoisotopic (exact) mass is 367 g/mol. The van der Waals surface area contributed by atoms with Crippen LogP contribution in [0.2, 0.25) is 0 Å². The minimum Gasteiger partial charge on any atom is -0.481 e. The molecule has 1 aromatic carbocycles. The van der Waals surface area contributed by atoms with Crippen LogP contribution in [-0.4, -0.2) is 52.2 Å². The van der Waals surface area contributed by atoms with Crippen molar-refractivity contribution in [1.82, 2.24) is 20.0 Å². The van der Waals surface area contributed by atoms with Gasteiger partial charge in [0.1, 0.15) is 17.8 Å². The number of ether oxygens (including phenoxy) is 1. The lowest BCUT2D eigenvalue weighted by molar-refractivity contribution is -0.131. The van der Waals surface area contributed by atoms with Gasteiger partial charge < -0.3 is 19.5 Å². The van der Waals surface area contributed by atoms with E-state index in [9.17, 15) is 4.79 Å². The Labute approximate surface area is 156 Å². The second-order valence-corrected chi connectivity index (χ2v) is 6.55. The van der Waals surface area contributed by atoms with Crippen LogP contribution in [0.25, 0.3) is 11.0 Å². The first kappa shape index (κ1) is 17.3. The van der Waals surface area contributed by atoms with Gasteiger partial charge in [0.05, 0.1) is 13.5 Å². The minimum absolute atomic E-state index is 0.0798. The molecule has 2 aromatic heterocycles. The molecule has 1 amide bonds. The summed E-state index contributed by atoms with van der Waals surface area (Å²) in [6.45, 7) is 1.41. The van der Waals surface area contributed by atoms with Crippen molar-refractivity contribution in [3.05, 3.63) is 42.4 Å². The third kappa shape index (κ3) is 3.84. The van der Waals surface area contributed by atoms with Gasteiger partial charge >= 0.3 is 0 Å². The average Bonchev–Trinajstić information content (AvgIpc) is 3.11. The molecule has 27 heavy (non-hydrogen) atoms. The summed E-state index contributed by atoms with van der Waals surface area (Å²) in [5.41, 5.74) is 1.41. The maximum absolute atomic E-state index is 12.6. The molecule has 4 rings (SSSR count).